The van der Waals surface area contributed by atoms with E-state index in [1.807, 2.05) is 0 Å². The van der Waals surface area contributed by atoms with E-state index in [9.17, 15) is 8.42 Å². The molecule has 2 N–H and O–H groups in total. The van der Waals surface area contributed by atoms with Gasteiger partial charge in [0.05, 0.1) is 12.1 Å². The molecule has 8 nitrogen and oxygen atoms in total. The minimum Gasteiger partial charge on any atom is -0.338 e. The van der Waals surface area contributed by atoms with E-state index >= 15 is 0 Å². The van der Waals surface area contributed by atoms with Crippen LogP contribution in [0.2, 0.25) is 0 Å². The van der Waals surface area contributed by atoms with Gasteiger partial charge in [-0.2, -0.15) is 9.29 Å². The van der Waals surface area contributed by atoms with Gasteiger partial charge in [0.2, 0.25) is 15.9 Å². The molecule has 0 aliphatic heterocycles. The highest BCUT2D eigenvalue weighted by atomic mass is 32.2. The van der Waals surface area contributed by atoms with Crippen molar-refractivity contribution in [2.24, 2.45) is 5.73 Å². The summed E-state index contributed by atoms with van der Waals surface area (Å²) in [5.41, 5.74) is 5.72. The molecule has 0 aromatic carbocycles. The van der Waals surface area contributed by atoms with Gasteiger partial charge in [0.25, 0.3) is 0 Å². The van der Waals surface area contributed by atoms with E-state index in [4.69, 9.17) is 10.3 Å². The van der Waals surface area contributed by atoms with Gasteiger partial charge in [-0.25, -0.2) is 8.42 Å². The van der Waals surface area contributed by atoms with Gasteiger partial charge in [-0.15, -0.1) is 0 Å². The lowest BCUT2D eigenvalue weighted by molar-refractivity contribution is 0.323. The molecule has 1 saturated carbocycles. The van der Waals surface area contributed by atoms with Crippen LogP contribution in [0, 0.1) is 0 Å². The Hall–Kier alpha value is -1.84. The lowest BCUT2D eigenvalue weighted by Crippen LogP contribution is -2.34. The van der Waals surface area contributed by atoms with Crippen LogP contribution in [-0.2, 0) is 22.1 Å². The first-order valence-electron chi connectivity index (χ1n) is 7.40. The number of aromatic nitrogens is 3. The molecule has 124 valence electrons. The molecule has 1 fully saturated rings. The van der Waals surface area contributed by atoms with E-state index in [-0.39, 0.29) is 17.3 Å². The highest BCUT2D eigenvalue weighted by Crippen LogP contribution is 2.34. The second kappa shape index (κ2) is 5.99. The van der Waals surface area contributed by atoms with Crippen LogP contribution in [-0.4, -0.2) is 34.9 Å². The van der Waals surface area contributed by atoms with Crippen molar-refractivity contribution < 1.29 is 12.9 Å². The molecule has 2 aromatic heterocycles. The maximum atomic E-state index is 12.4. The largest absolute Gasteiger partial charge is 0.338 e. The molecule has 2 aromatic rings. The maximum Gasteiger partial charge on any atom is 0.244 e. The molecule has 0 unspecified atom stereocenters. The molecule has 1 aliphatic carbocycles. The van der Waals surface area contributed by atoms with Crippen molar-refractivity contribution in [3.63, 3.8) is 0 Å². The molecular formula is C14H19N5O3S. The lowest BCUT2D eigenvalue weighted by atomic mass is 9.99. The second-order valence-corrected chi connectivity index (χ2v) is 7.87. The van der Waals surface area contributed by atoms with Gasteiger partial charge in [0, 0.05) is 19.4 Å². The van der Waals surface area contributed by atoms with Crippen molar-refractivity contribution in [1.29, 1.82) is 0 Å². The van der Waals surface area contributed by atoms with Crippen molar-refractivity contribution in [3.05, 3.63) is 36.2 Å². The third kappa shape index (κ3) is 3.12. The standard InChI is InChI=1S/C14H19N5O3S/c1-19(23(20,21)11-5-4-8-16-9-11)10-12-17-13(18-22-12)14(15)6-2-3-7-14/h4-5,8-9H,2-3,6-7,10,15H2,1H3. The first-order chi connectivity index (χ1) is 10.9. The van der Waals surface area contributed by atoms with Crippen LogP contribution in [0.5, 0.6) is 0 Å². The first-order valence-corrected chi connectivity index (χ1v) is 8.84. The Bertz CT molecular complexity index is 769. The number of hydrogen-bond donors (Lipinski definition) is 1. The highest BCUT2D eigenvalue weighted by molar-refractivity contribution is 7.89. The Kier molecular flexibility index (Phi) is 4.17. The molecule has 0 bridgehead atoms. The number of pyridine rings is 1. The minimum absolute atomic E-state index is 0.0136. The predicted molar refractivity (Wildman–Crippen MR) is 81.5 cm³/mol. The summed E-state index contributed by atoms with van der Waals surface area (Å²) in [6.45, 7) is -0.0136. The maximum absolute atomic E-state index is 12.4. The Morgan fingerprint density at radius 3 is 2.78 bits per heavy atom. The number of sulfonamides is 1. The van der Waals surface area contributed by atoms with Crippen LogP contribution in [0.1, 0.15) is 37.4 Å². The van der Waals surface area contributed by atoms with E-state index < -0.39 is 15.6 Å². The van der Waals surface area contributed by atoms with E-state index in [1.54, 1.807) is 6.07 Å². The van der Waals surface area contributed by atoms with Gasteiger partial charge in [-0.05, 0) is 25.0 Å². The quantitative estimate of drug-likeness (QED) is 0.865. The minimum atomic E-state index is -3.65. The van der Waals surface area contributed by atoms with Crippen molar-refractivity contribution in [2.45, 2.75) is 42.7 Å². The highest BCUT2D eigenvalue weighted by Gasteiger charge is 2.36. The monoisotopic (exact) mass is 337 g/mol. The summed E-state index contributed by atoms with van der Waals surface area (Å²) in [6.07, 6.45) is 6.53. The number of nitrogens with two attached hydrogens (primary N) is 1. The van der Waals surface area contributed by atoms with Crippen LogP contribution < -0.4 is 5.73 Å². The zero-order valence-corrected chi connectivity index (χ0v) is 13.7. The smallest absolute Gasteiger partial charge is 0.244 e. The van der Waals surface area contributed by atoms with Crippen molar-refractivity contribution in [2.75, 3.05) is 7.05 Å². The van der Waals surface area contributed by atoms with Gasteiger partial charge >= 0.3 is 0 Å². The fourth-order valence-corrected chi connectivity index (χ4v) is 3.79. The predicted octanol–water partition coefficient (Wildman–Crippen LogP) is 1.01. The average molecular weight is 337 g/mol. The molecule has 9 heteroatoms. The Morgan fingerprint density at radius 1 is 1.39 bits per heavy atom. The van der Waals surface area contributed by atoms with Gasteiger partial charge in [-0.1, -0.05) is 18.0 Å². The molecule has 3 rings (SSSR count). The summed E-state index contributed by atoms with van der Waals surface area (Å²) in [5, 5.41) is 3.93. The molecule has 2 heterocycles. The van der Waals surface area contributed by atoms with E-state index in [0.29, 0.717) is 5.82 Å². The summed E-state index contributed by atoms with van der Waals surface area (Å²) in [5.74, 6) is 0.684. The van der Waals surface area contributed by atoms with Crippen LogP contribution in [0.25, 0.3) is 0 Å². The number of nitrogens with zero attached hydrogens (tertiary/aromatic N) is 4. The fourth-order valence-electron chi connectivity index (χ4n) is 2.71. The molecule has 0 atom stereocenters. The van der Waals surface area contributed by atoms with Crippen LogP contribution in [0.4, 0.5) is 0 Å². The lowest BCUT2D eigenvalue weighted by Gasteiger charge is -2.18. The number of rotatable bonds is 5. The Labute approximate surface area is 134 Å². The summed E-state index contributed by atoms with van der Waals surface area (Å²) in [6, 6.07) is 3.06. The molecule has 23 heavy (non-hydrogen) atoms. The normalized spacial score (nSPS) is 17.7. The Balaban J connectivity index is 1.76. The van der Waals surface area contributed by atoms with Gasteiger partial charge in [0.15, 0.2) is 5.82 Å². The summed E-state index contributed by atoms with van der Waals surface area (Å²) >= 11 is 0. The topological polar surface area (TPSA) is 115 Å². The summed E-state index contributed by atoms with van der Waals surface area (Å²) in [7, 11) is -2.19. The molecule has 0 amide bonds. The average Bonchev–Trinajstić information content (AvgIpc) is 3.18. The SMILES string of the molecule is CN(Cc1nc(C2(N)CCCC2)no1)S(=O)(=O)c1cccnc1. The van der Waals surface area contributed by atoms with E-state index in [2.05, 4.69) is 15.1 Å². The molecule has 1 aliphatic rings. The summed E-state index contributed by atoms with van der Waals surface area (Å²) in [4.78, 5) is 8.24. The molecule has 0 saturated heterocycles. The third-order valence-corrected chi connectivity index (χ3v) is 5.90. The van der Waals surface area contributed by atoms with Crippen molar-refractivity contribution in [1.82, 2.24) is 19.4 Å². The molecule has 0 radical (unpaired) electrons. The number of hydrogen-bond acceptors (Lipinski definition) is 7. The van der Waals surface area contributed by atoms with Crippen LogP contribution >= 0.6 is 0 Å². The first kappa shape index (κ1) is 16.0. The van der Waals surface area contributed by atoms with Gasteiger partial charge < -0.3 is 10.3 Å². The molecule has 0 spiro atoms. The van der Waals surface area contributed by atoms with E-state index in [1.165, 1.54) is 25.5 Å². The zero-order valence-electron chi connectivity index (χ0n) is 12.8. The van der Waals surface area contributed by atoms with Crippen molar-refractivity contribution in [3.8, 4) is 0 Å². The molecular weight excluding hydrogens is 318 g/mol. The van der Waals surface area contributed by atoms with Crippen LogP contribution in [0.3, 0.4) is 0 Å². The van der Waals surface area contributed by atoms with Gasteiger partial charge in [0.1, 0.15) is 4.90 Å². The van der Waals surface area contributed by atoms with E-state index in [0.717, 1.165) is 30.0 Å². The second-order valence-electron chi connectivity index (χ2n) is 5.82. The van der Waals surface area contributed by atoms with Gasteiger partial charge in [-0.3, -0.25) is 4.98 Å². The third-order valence-electron chi connectivity index (χ3n) is 4.11. The Morgan fingerprint density at radius 2 is 2.13 bits per heavy atom. The van der Waals surface area contributed by atoms with Crippen LogP contribution in [0.15, 0.2) is 33.9 Å². The fraction of sp³-hybridized carbons (Fsp3) is 0.500. The zero-order chi connectivity index (χ0) is 16.5. The summed E-state index contributed by atoms with van der Waals surface area (Å²) < 4.78 is 31.2. The van der Waals surface area contributed by atoms with Crippen molar-refractivity contribution >= 4 is 10.0 Å².